The van der Waals surface area contributed by atoms with Gasteiger partial charge in [-0.25, -0.2) is 0 Å². The number of amides is 1. The maximum absolute atomic E-state index is 12.0. The van der Waals surface area contributed by atoms with Crippen molar-refractivity contribution in [3.05, 3.63) is 12.4 Å². The highest BCUT2D eigenvalue weighted by molar-refractivity contribution is 5.96. The van der Waals surface area contributed by atoms with Crippen molar-refractivity contribution in [2.75, 3.05) is 11.9 Å². The van der Waals surface area contributed by atoms with Gasteiger partial charge in [-0.3, -0.25) is 9.48 Å². The van der Waals surface area contributed by atoms with Crippen LogP contribution in [0.15, 0.2) is 12.4 Å². The van der Waals surface area contributed by atoms with Gasteiger partial charge < -0.3 is 10.6 Å². The third kappa shape index (κ3) is 4.48. The average Bonchev–Trinajstić information content (AvgIpc) is 2.71. The number of nitrogens with zero attached hydrogens (tertiary/aromatic N) is 3. The number of carbonyl (C=O) groups is 1. The van der Waals surface area contributed by atoms with E-state index in [1.54, 1.807) is 29.0 Å². The van der Waals surface area contributed by atoms with E-state index in [-0.39, 0.29) is 36.6 Å². The smallest absolute Gasteiger partial charge is 0.243 e. The number of carbonyl (C=O) groups excluding carboxylic acids is 1. The second-order valence-electron chi connectivity index (χ2n) is 4.18. The van der Waals surface area contributed by atoms with Gasteiger partial charge in [0.05, 0.1) is 17.9 Å². The molecule has 0 aliphatic heterocycles. The minimum atomic E-state index is -0.449. The molecule has 1 amide bonds. The van der Waals surface area contributed by atoms with E-state index in [9.17, 15) is 4.79 Å². The van der Waals surface area contributed by atoms with Crippen molar-refractivity contribution in [1.29, 1.82) is 0 Å². The van der Waals surface area contributed by atoms with Gasteiger partial charge in [0.2, 0.25) is 5.91 Å². The fourth-order valence-corrected chi connectivity index (χ4v) is 1.43. The summed E-state index contributed by atoms with van der Waals surface area (Å²) in [7, 11) is 3.54. The number of hydrogen-bond donors (Lipinski definition) is 1. The normalized spacial score (nSPS) is 12.9. The van der Waals surface area contributed by atoms with Gasteiger partial charge in [-0.05, 0) is 5.92 Å². The molecule has 0 saturated heterocycles. The molecule has 0 bridgehead atoms. The molecule has 1 rings (SSSR count). The molecule has 1 aromatic heterocycles. The molecule has 7 heteroatoms. The predicted octanol–water partition coefficient (Wildman–Crippen LogP) is 1.60. The molecule has 2 unspecified atom stereocenters. The monoisotopic (exact) mass is 296 g/mol. The standard InChI is InChI=1S/C11H20N4O.2ClH/c1-5-8(2)10(12)11(16)15(4)9-6-13-14(3)7-9;;/h6-8,10H,5,12H2,1-4H3;2*1H. The maximum Gasteiger partial charge on any atom is 0.243 e. The zero-order valence-electron chi connectivity index (χ0n) is 11.2. The molecule has 1 heterocycles. The molecule has 0 radical (unpaired) electrons. The first-order valence-corrected chi connectivity index (χ1v) is 5.49. The molecule has 5 nitrogen and oxygen atoms in total. The first kappa shape index (κ1) is 19.6. The van der Waals surface area contributed by atoms with Crippen molar-refractivity contribution >= 4 is 36.4 Å². The molecule has 1 aromatic rings. The maximum atomic E-state index is 12.0. The van der Waals surface area contributed by atoms with Crippen LogP contribution in [-0.2, 0) is 11.8 Å². The largest absolute Gasteiger partial charge is 0.320 e. The topological polar surface area (TPSA) is 64.2 Å². The lowest BCUT2D eigenvalue weighted by Crippen LogP contribution is -2.45. The fourth-order valence-electron chi connectivity index (χ4n) is 1.43. The first-order chi connectivity index (χ1) is 7.47. The zero-order chi connectivity index (χ0) is 12.3. The van der Waals surface area contributed by atoms with Crippen LogP contribution in [-0.4, -0.2) is 28.8 Å². The van der Waals surface area contributed by atoms with E-state index in [0.29, 0.717) is 0 Å². The predicted molar refractivity (Wildman–Crippen MR) is 78.5 cm³/mol. The van der Waals surface area contributed by atoms with Gasteiger partial charge in [0.15, 0.2) is 0 Å². The number of aryl methyl sites for hydroxylation is 1. The van der Waals surface area contributed by atoms with Crippen LogP contribution >= 0.6 is 24.8 Å². The Balaban J connectivity index is 0. The Morgan fingerprint density at radius 1 is 1.56 bits per heavy atom. The van der Waals surface area contributed by atoms with Crippen molar-refractivity contribution in [2.45, 2.75) is 26.3 Å². The van der Waals surface area contributed by atoms with Crippen molar-refractivity contribution in [3.8, 4) is 0 Å². The second kappa shape index (κ2) is 8.34. The number of hydrogen-bond acceptors (Lipinski definition) is 3. The van der Waals surface area contributed by atoms with Gasteiger partial charge in [0.25, 0.3) is 0 Å². The Hall–Kier alpha value is -0.780. The van der Waals surface area contributed by atoms with E-state index >= 15 is 0 Å². The van der Waals surface area contributed by atoms with E-state index < -0.39 is 6.04 Å². The van der Waals surface area contributed by atoms with E-state index in [0.717, 1.165) is 12.1 Å². The summed E-state index contributed by atoms with van der Waals surface area (Å²) in [4.78, 5) is 13.6. The summed E-state index contributed by atoms with van der Waals surface area (Å²) in [6.07, 6.45) is 4.34. The van der Waals surface area contributed by atoms with Crippen molar-refractivity contribution in [1.82, 2.24) is 9.78 Å². The SMILES string of the molecule is CCC(C)C(N)C(=O)N(C)c1cnn(C)c1.Cl.Cl. The number of aromatic nitrogens is 2. The van der Waals surface area contributed by atoms with Gasteiger partial charge in [0, 0.05) is 20.3 Å². The zero-order valence-corrected chi connectivity index (χ0v) is 12.8. The van der Waals surface area contributed by atoms with Crippen LogP contribution in [0.5, 0.6) is 0 Å². The molecule has 0 aliphatic carbocycles. The summed E-state index contributed by atoms with van der Waals surface area (Å²) in [6.45, 7) is 4.02. The second-order valence-corrected chi connectivity index (χ2v) is 4.18. The van der Waals surface area contributed by atoms with Crippen molar-refractivity contribution in [2.24, 2.45) is 18.7 Å². The quantitative estimate of drug-likeness (QED) is 0.918. The molecule has 0 aromatic carbocycles. The molecular formula is C11H22Cl2N4O. The lowest BCUT2D eigenvalue weighted by atomic mass is 9.99. The highest BCUT2D eigenvalue weighted by Gasteiger charge is 2.24. The molecular weight excluding hydrogens is 275 g/mol. The van der Waals surface area contributed by atoms with Crippen LogP contribution in [0.2, 0.25) is 0 Å². The lowest BCUT2D eigenvalue weighted by molar-refractivity contribution is -0.120. The Labute approximate surface area is 121 Å². The molecule has 106 valence electrons. The fraction of sp³-hybridized carbons (Fsp3) is 0.636. The number of rotatable bonds is 4. The first-order valence-electron chi connectivity index (χ1n) is 5.49. The number of nitrogens with two attached hydrogens (primary N) is 1. The Kier molecular flexibility index (Phi) is 9.07. The Bertz CT molecular complexity index is 370. The van der Waals surface area contributed by atoms with Gasteiger partial charge in [0.1, 0.15) is 0 Å². The van der Waals surface area contributed by atoms with E-state index in [1.807, 2.05) is 20.9 Å². The van der Waals surface area contributed by atoms with Crippen LogP contribution in [0.3, 0.4) is 0 Å². The summed E-state index contributed by atoms with van der Waals surface area (Å²) in [5.41, 5.74) is 6.67. The van der Waals surface area contributed by atoms with Gasteiger partial charge in [-0.15, -0.1) is 24.8 Å². The molecule has 2 atom stereocenters. The molecule has 0 fully saturated rings. The average molecular weight is 297 g/mol. The lowest BCUT2D eigenvalue weighted by Gasteiger charge is -2.23. The number of likely N-dealkylation sites (N-methyl/N-ethyl adjacent to an activating group) is 1. The van der Waals surface area contributed by atoms with E-state index in [1.165, 1.54) is 0 Å². The summed E-state index contributed by atoms with van der Waals surface area (Å²) in [5.74, 6) is 0.119. The number of halogens is 2. The van der Waals surface area contributed by atoms with Crippen molar-refractivity contribution < 1.29 is 4.79 Å². The molecule has 0 saturated carbocycles. The van der Waals surface area contributed by atoms with Crippen LogP contribution in [0.1, 0.15) is 20.3 Å². The molecule has 0 aliphatic rings. The van der Waals surface area contributed by atoms with Crippen LogP contribution in [0.25, 0.3) is 0 Å². The summed E-state index contributed by atoms with van der Waals surface area (Å²) >= 11 is 0. The highest BCUT2D eigenvalue weighted by Crippen LogP contribution is 2.14. The minimum Gasteiger partial charge on any atom is -0.320 e. The summed E-state index contributed by atoms with van der Waals surface area (Å²) in [5, 5.41) is 4.03. The molecule has 2 N–H and O–H groups in total. The highest BCUT2D eigenvalue weighted by atomic mass is 35.5. The van der Waals surface area contributed by atoms with Crippen LogP contribution < -0.4 is 10.6 Å². The van der Waals surface area contributed by atoms with E-state index in [4.69, 9.17) is 5.73 Å². The Morgan fingerprint density at radius 2 is 2.11 bits per heavy atom. The van der Waals surface area contributed by atoms with Gasteiger partial charge >= 0.3 is 0 Å². The summed E-state index contributed by atoms with van der Waals surface area (Å²) < 4.78 is 1.66. The minimum absolute atomic E-state index is 0. The van der Waals surface area contributed by atoms with Crippen LogP contribution in [0.4, 0.5) is 5.69 Å². The molecule has 18 heavy (non-hydrogen) atoms. The van der Waals surface area contributed by atoms with Crippen LogP contribution in [0, 0.1) is 5.92 Å². The number of anilines is 1. The van der Waals surface area contributed by atoms with Gasteiger partial charge in [-0.1, -0.05) is 20.3 Å². The third-order valence-electron chi connectivity index (χ3n) is 2.95. The molecule has 0 spiro atoms. The van der Waals surface area contributed by atoms with Crippen molar-refractivity contribution in [3.63, 3.8) is 0 Å². The Morgan fingerprint density at radius 3 is 2.50 bits per heavy atom. The summed E-state index contributed by atoms with van der Waals surface area (Å²) in [6, 6.07) is -0.449. The van der Waals surface area contributed by atoms with E-state index in [2.05, 4.69) is 5.10 Å². The van der Waals surface area contributed by atoms with Gasteiger partial charge in [-0.2, -0.15) is 5.10 Å². The third-order valence-corrected chi connectivity index (χ3v) is 2.95.